The summed E-state index contributed by atoms with van der Waals surface area (Å²) >= 11 is 3.33. The Hall–Kier alpha value is -0.580. The van der Waals surface area contributed by atoms with Crippen LogP contribution in [0.2, 0.25) is 0 Å². The largest absolute Gasteiger partial charge is 0.469 e. The van der Waals surface area contributed by atoms with Crippen LogP contribution in [-0.4, -0.2) is 13.1 Å². The molecular weight excluding hydrogens is 281 g/mol. The maximum absolute atomic E-state index is 11.0. The van der Waals surface area contributed by atoms with Crippen LogP contribution in [0.25, 0.3) is 0 Å². The molecule has 0 bridgehead atoms. The van der Waals surface area contributed by atoms with E-state index in [0.717, 1.165) is 10.0 Å². The van der Waals surface area contributed by atoms with Gasteiger partial charge in [0.1, 0.15) is 0 Å². The SMILES string of the molecule is COC(=O)C[C@H](N)c1ccc(Br)cc1.Cl. The topological polar surface area (TPSA) is 52.3 Å². The lowest BCUT2D eigenvalue weighted by atomic mass is 10.1. The molecule has 0 aliphatic carbocycles. The highest BCUT2D eigenvalue weighted by molar-refractivity contribution is 9.10. The molecule has 15 heavy (non-hydrogen) atoms. The Morgan fingerprint density at radius 2 is 2.00 bits per heavy atom. The van der Waals surface area contributed by atoms with Crippen molar-refractivity contribution in [2.24, 2.45) is 5.73 Å². The Labute approximate surface area is 104 Å². The molecule has 0 spiro atoms. The van der Waals surface area contributed by atoms with Gasteiger partial charge in [-0.3, -0.25) is 4.79 Å². The highest BCUT2D eigenvalue weighted by Gasteiger charge is 2.11. The summed E-state index contributed by atoms with van der Waals surface area (Å²) in [7, 11) is 1.36. The van der Waals surface area contributed by atoms with E-state index in [4.69, 9.17) is 5.73 Å². The molecule has 0 aliphatic heterocycles. The Kier molecular flexibility index (Phi) is 6.56. The van der Waals surface area contributed by atoms with E-state index in [0.29, 0.717) is 0 Å². The van der Waals surface area contributed by atoms with Crippen LogP contribution in [0.3, 0.4) is 0 Å². The number of hydrogen-bond donors (Lipinski definition) is 1. The third-order valence-electron chi connectivity index (χ3n) is 1.91. The lowest BCUT2D eigenvalue weighted by Crippen LogP contribution is -2.16. The highest BCUT2D eigenvalue weighted by Crippen LogP contribution is 2.17. The molecule has 0 fully saturated rings. The van der Waals surface area contributed by atoms with E-state index < -0.39 is 0 Å². The van der Waals surface area contributed by atoms with Gasteiger partial charge < -0.3 is 10.5 Å². The molecule has 0 saturated carbocycles. The summed E-state index contributed by atoms with van der Waals surface area (Å²) in [5, 5.41) is 0. The highest BCUT2D eigenvalue weighted by atomic mass is 79.9. The second-order valence-electron chi connectivity index (χ2n) is 2.94. The van der Waals surface area contributed by atoms with Gasteiger partial charge in [-0.1, -0.05) is 28.1 Å². The average Bonchev–Trinajstić information content (AvgIpc) is 2.18. The predicted octanol–water partition coefficient (Wildman–Crippen LogP) is 2.43. The van der Waals surface area contributed by atoms with Crippen molar-refractivity contribution in [2.75, 3.05) is 7.11 Å². The van der Waals surface area contributed by atoms with Gasteiger partial charge in [0.05, 0.1) is 13.5 Å². The average molecular weight is 295 g/mol. The number of nitrogens with two attached hydrogens (primary N) is 1. The molecule has 0 radical (unpaired) electrons. The van der Waals surface area contributed by atoms with Crippen molar-refractivity contribution in [3.05, 3.63) is 34.3 Å². The van der Waals surface area contributed by atoms with Gasteiger partial charge in [0.15, 0.2) is 0 Å². The number of benzene rings is 1. The second-order valence-corrected chi connectivity index (χ2v) is 3.85. The first-order chi connectivity index (χ1) is 6.63. The van der Waals surface area contributed by atoms with Gasteiger partial charge in [0.25, 0.3) is 0 Å². The molecule has 2 N–H and O–H groups in total. The van der Waals surface area contributed by atoms with E-state index in [-0.39, 0.29) is 30.8 Å². The number of halogens is 2. The fourth-order valence-electron chi connectivity index (χ4n) is 1.09. The molecule has 3 nitrogen and oxygen atoms in total. The van der Waals surface area contributed by atoms with Crippen LogP contribution in [0.15, 0.2) is 28.7 Å². The van der Waals surface area contributed by atoms with Crippen molar-refractivity contribution in [3.8, 4) is 0 Å². The minimum Gasteiger partial charge on any atom is -0.469 e. The first-order valence-corrected chi connectivity index (χ1v) is 5.00. The maximum atomic E-state index is 11.0. The fraction of sp³-hybridized carbons (Fsp3) is 0.300. The normalized spacial score (nSPS) is 11.4. The van der Waals surface area contributed by atoms with E-state index >= 15 is 0 Å². The molecule has 0 aliphatic rings. The minimum absolute atomic E-state index is 0. The summed E-state index contributed by atoms with van der Waals surface area (Å²) in [6.45, 7) is 0. The smallest absolute Gasteiger partial charge is 0.307 e. The van der Waals surface area contributed by atoms with Crippen molar-refractivity contribution in [1.82, 2.24) is 0 Å². The van der Waals surface area contributed by atoms with Crippen LogP contribution in [0.4, 0.5) is 0 Å². The van der Waals surface area contributed by atoms with Gasteiger partial charge >= 0.3 is 5.97 Å². The summed E-state index contributed by atoms with van der Waals surface area (Å²) in [6.07, 6.45) is 0.206. The van der Waals surface area contributed by atoms with Gasteiger partial charge in [-0.25, -0.2) is 0 Å². The molecule has 1 atom stereocenters. The van der Waals surface area contributed by atoms with Crippen LogP contribution < -0.4 is 5.73 Å². The zero-order chi connectivity index (χ0) is 10.6. The standard InChI is InChI=1S/C10H12BrNO2.ClH/c1-14-10(13)6-9(12)7-2-4-8(11)5-3-7;/h2-5,9H,6,12H2,1H3;1H/t9-;/m0./s1. The van der Waals surface area contributed by atoms with Crippen molar-refractivity contribution in [1.29, 1.82) is 0 Å². The van der Waals surface area contributed by atoms with Crippen molar-refractivity contribution >= 4 is 34.3 Å². The zero-order valence-corrected chi connectivity index (χ0v) is 10.7. The van der Waals surface area contributed by atoms with Gasteiger partial charge in [-0.15, -0.1) is 12.4 Å². The molecule has 0 unspecified atom stereocenters. The Morgan fingerprint density at radius 3 is 2.47 bits per heavy atom. The predicted molar refractivity (Wildman–Crippen MR) is 65.0 cm³/mol. The van der Waals surface area contributed by atoms with Gasteiger partial charge in [0.2, 0.25) is 0 Å². The number of rotatable bonds is 3. The van der Waals surface area contributed by atoms with Crippen LogP contribution in [0.5, 0.6) is 0 Å². The molecule has 1 aromatic rings. The zero-order valence-electron chi connectivity index (χ0n) is 8.27. The monoisotopic (exact) mass is 293 g/mol. The first kappa shape index (κ1) is 14.4. The summed E-state index contributed by atoms with van der Waals surface area (Å²) < 4.78 is 5.53. The number of carbonyl (C=O) groups excluding carboxylic acids is 1. The molecule has 1 aromatic carbocycles. The quantitative estimate of drug-likeness (QED) is 0.871. The summed E-state index contributed by atoms with van der Waals surface area (Å²) in [5.41, 5.74) is 6.73. The second kappa shape index (κ2) is 6.82. The lowest BCUT2D eigenvalue weighted by Gasteiger charge is -2.10. The molecule has 0 aromatic heterocycles. The third-order valence-corrected chi connectivity index (χ3v) is 2.44. The van der Waals surface area contributed by atoms with Gasteiger partial charge in [0, 0.05) is 10.5 Å². The molecule has 1 rings (SSSR count). The van der Waals surface area contributed by atoms with E-state index in [2.05, 4.69) is 20.7 Å². The number of ether oxygens (including phenoxy) is 1. The van der Waals surface area contributed by atoms with Crippen molar-refractivity contribution in [3.63, 3.8) is 0 Å². The summed E-state index contributed by atoms with van der Waals surface area (Å²) in [5.74, 6) is -0.291. The fourth-order valence-corrected chi connectivity index (χ4v) is 1.36. The minimum atomic E-state index is -0.296. The number of esters is 1. The lowest BCUT2D eigenvalue weighted by molar-refractivity contribution is -0.141. The Morgan fingerprint density at radius 1 is 1.47 bits per heavy atom. The van der Waals surface area contributed by atoms with Crippen molar-refractivity contribution < 1.29 is 9.53 Å². The van der Waals surface area contributed by atoms with E-state index in [1.54, 1.807) is 0 Å². The van der Waals surface area contributed by atoms with Crippen LogP contribution in [-0.2, 0) is 9.53 Å². The van der Waals surface area contributed by atoms with Crippen LogP contribution in [0, 0.1) is 0 Å². The molecule has 0 heterocycles. The molecular formula is C10H13BrClNO2. The first-order valence-electron chi connectivity index (χ1n) is 4.21. The Balaban J connectivity index is 0.00000196. The number of methoxy groups -OCH3 is 1. The van der Waals surface area contributed by atoms with Crippen LogP contribution >= 0.6 is 28.3 Å². The summed E-state index contributed by atoms with van der Waals surface area (Å²) in [4.78, 5) is 11.0. The number of carbonyl (C=O) groups is 1. The van der Waals surface area contributed by atoms with E-state index in [1.165, 1.54) is 7.11 Å². The molecule has 0 saturated heterocycles. The maximum Gasteiger partial charge on any atom is 0.307 e. The van der Waals surface area contributed by atoms with Crippen LogP contribution in [0.1, 0.15) is 18.0 Å². The van der Waals surface area contributed by atoms with Gasteiger partial charge in [-0.05, 0) is 17.7 Å². The van der Waals surface area contributed by atoms with Crippen molar-refractivity contribution in [2.45, 2.75) is 12.5 Å². The number of hydrogen-bond acceptors (Lipinski definition) is 3. The Bertz CT molecular complexity index is 316. The molecule has 84 valence electrons. The summed E-state index contributed by atoms with van der Waals surface area (Å²) in [6, 6.07) is 7.27. The van der Waals surface area contributed by atoms with E-state index in [9.17, 15) is 4.79 Å². The molecule has 0 amide bonds. The third kappa shape index (κ3) is 4.64. The molecule has 5 heteroatoms. The van der Waals surface area contributed by atoms with E-state index in [1.807, 2.05) is 24.3 Å². The van der Waals surface area contributed by atoms with Gasteiger partial charge in [-0.2, -0.15) is 0 Å².